The highest BCUT2D eigenvalue weighted by atomic mass is 32.1. The fourth-order valence-electron chi connectivity index (χ4n) is 2.29. The summed E-state index contributed by atoms with van der Waals surface area (Å²) in [6, 6.07) is 8.32. The second kappa shape index (κ2) is 5.68. The van der Waals surface area contributed by atoms with E-state index < -0.39 is 0 Å². The molecule has 102 valence electrons. The summed E-state index contributed by atoms with van der Waals surface area (Å²) >= 11 is 7.17. The number of aromatic amines is 1. The van der Waals surface area contributed by atoms with Crippen molar-refractivity contribution in [3.63, 3.8) is 0 Å². The number of hydrogen-bond donors (Lipinski definition) is 1. The number of H-pyrrole nitrogens is 1. The lowest BCUT2D eigenvalue weighted by Gasteiger charge is -2.17. The summed E-state index contributed by atoms with van der Waals surface area (Å²) < 4.78 is 2.74. The maximum atomic E-state index is 5.42. The van der Waals surface area contributed by atoms with E-state index in [9.17, 15) is 0 Å². The first kappa shape index (κ1) is 13.2. The third-order valence-corrected chi connectivity index (χ3v) is 4.47. The molecular weight excluding hydrogens is 288 g/mol. The molecule has 0 amide bonds. The molecule has 3 rings (SSSR count). The molecule has 1 unspecified atom stereocenters. The molecule has 3 heterocycles. The molecule has 0 saturated carbocycles. The predicted octanol–water partition coefficient (Wildman–Crippen LogP) is 4.06. The van der Waals surface area contributed by atoms with Gasteiger partial charge in [-0.1, -0.05) is 13.0 Å². The van der Waals surface area contributed by atoms with Crippen LogP contribution in [0.15, 0.2) is 42.0 Å². The number of aromatic nitrogens is 4. The van der Waals surface area contributed by atoms with Gasteiger partial charge in [-0.15, -0.1) is 11.3 Å². The Morgan fingerprint density at radius 3 is 2.80 bits per heavy atom. The van der Waals surface area contributed by atoms with E-state index in [0.29, 0.717) is 4.77 Å². The van der Waals surface area contributed by atoms with Gasteiger partial charge in [0.2, 0.25) is 0 Å². The van der Waals surface area contributed by atoms with Gasteiger partial charge in [-0.3, -0.25) is 14.6 Å². The SMILES string of the molecule is CCC(c1cccs1)n1c(-c2ccncc2)n[nH]c1=S. The van der Waals surface area contributed by atoms with E-state index in [1.807, 2.05) is 12.1 Å². The minimum Gasteiger partial charge on any atom is -0.292 e. The normalized spacial score (nSPS) is 12.4. The van der Waals surface area contributed by atoms with Gasteiger partial charge in [-0.2, -0.15) is 5.10 Å². The van der Waals surface area contributed by atoms with E-state index in [-0.39, 0.29) is 6.04 Å². The standard InChI is InChI=1S/C14H14N4S2/c1-2-11(12-4-3-9-20-12)18-13(16-17-14(18)19)10-5-7-15-8-6-10/h3-9,11H,2H2,1H3,(H,17,19). The van der Waals surface area contributed by atoms with Crippen molar-refractivity contribution < 1.29 is 0 Å². The quantitative estimate of drug-likeness (QED) is 0.739. The lowest BCUT2D eigenvalue weighted by molar-refractivity contribution is 0.573. The molecular formula is C14H14N4S2. The smallest absolute Gasteiger partial charge is 0.196 e. The molecule has 0 aliphatic rings. The second-order valence-electron chi connectivity index (χ2n) is 4.40. The van der Waals surface area contributed by atoms with Gasteiger partial charge in [0.05, 0.1) is 6.04 Å². The number of nitrogens with one attached hydrogen (secondary N) is 1. The maximum absolute atomic E-state index is 5.42. The van der Waals surface area contributed by atoms with Crippen molar-refractivity contribution in [2.24, 2.45) is 0 Å². The number of rotatable bonds is 4. The van der Waals surface area contributed by atoms with Crippen LogP contribution in [0.4, 0.5) is 0 Å². The Morgan fingerprint density at radius 1 is 1.35 bits per heavy atom. The minimum atomic E-state index is 0.212. The Morgan fingerprint density at radius 2 is 2.15 bits per heavy atom. The molecule has 3 aromatic rings. The molecule has 20 heavy (non-hydrogen) atoms. The number of hydrogen-bond acceptors (Lipinski definition) is 4. The monoisotopic (exact) mass is 302 g/mol. The van der Waals surface area contributed by atoms with Gasteiger partial charge in [-0.25, -0.2) is 0 Å². The highest BCUT2D eigenvalue weighted by Gasteiger charge is 2.19. The van der Waals surface area contributed by atoms with Gasteiger partial charge in [0.25, 0.3) is 0 Å². The summed E-state index contributed by atoms with van der Waals surface area (Å²) in [6.45, 7) is 2.16. The van der Waals surface area contributed by atoms with Crippen LogP contribution in [-0.2, 0) is 0 Å². The average molecular weight is 302 g/mol. The van der Waals surface area contributed by atoms with Crippen LogP contribution < -0.4 is 0 Å². The van der Waals surface area contributed by atoms with E-state index in [1.165, 1.54) is 4.88 Å². The van der Waals surface area contributed by atoms with E-state index >= 15 is 0 Å². The van der Waals surface area contributed by atoms with Crippen molar-refractivity contribution >= 4 is 23.6 Å². The first-order chi connectivity index (χ1) is 9.81. The predicted molar refractivity (Wildman–Crippen MR) is 83.4 cm³/mol. The van der Waals surface area contributed by atoms with Crippen LogP contribution >= 0.6 is 23.6 Å². The zero-order valence-corrected chi connectivity index (χ0v) is 12.6. The van der Waals surface area contributed by atoms with Crippen molar-refractivity contribution in [3.8, 4) is 11.4 Å². The summed E-state index contributed by atoms with van der Waals surface area (Å²) in [5.41, 5.74) is 1.02. The van der Waals surface area contributed by atoms with Gasteiger partial charge in [0, 0.05) is 22.8 Å². The summed E-state index contributed by atoms with van der Waals surface area (Å²) in [7, 11) is 0. The molecule has 0 fully saturated rings. The molecule has 0 aromatic carbocycles. The van der Waals surface area contributed by atoms with E-state index in [4.69, 9.17) is 12.2 Å². The van der Waals surface area contributed by atoms with Crippen LogP contribution in [0.25, 0.3) is 11.4 Å². The highest BCUT2D eigenvalue weighted by Crippen LogP contribution is 2.30. The van der Waals surface area contributed by atoms with Crippen molar-refractivity contribution in [2.75, 3.05) is 0 Å². The van der Waals surface area contributed by atoms with E-state index in [2.05, 4.69) is 44.2 Å². The topological polar surface area (TPSA) is 46.5 Å². The number of pyridine rings is 1. The zero-order chi connectivity index (χ0) is 13.9. The van der Waals surface area contributed by atoms with Crippen molar-refractivity contribution in [2.45, 2.75) is 19.4 Å². The molecule has 0 bridgehead atoms. The molecule has 1 atom stereocenters. The van der Waals surface area contributed by atoms with Crippen molar-refractivity contribution in [1.29, 1.82) is 0 Å². The van der Waals surface area contributed by atoms with E-state index in [1.54, 1.807) is 23.7 Å². The molecule has 0 aliphatic carbocycles. The summed E-state index contributed by atoms with van der Waals surface area (Å²) in [5.74, 6) is 0.859. The van der Waals surface area contributed by atoms with Crippen LogP contribution in [0.2, 0.25) is 0 Å². The lowest BCUT2D eigenvalue weighted by Crippen LogP contribution is -2.10. The Balaban J connectivity index is 2.14. The van der Waals surface area contributed by atoms with Crippen LogP contribution in [0.5, 0.6) is 0 Å². The highest BCUT2D eigenvalue weighted by molar-refractivity contribution is 7.71. The first-order valence-electron chi connectivity index (χ1n) is 6.42. The third kappa shape index (κ3) is 2.32. The van der Waals surface area contributed by atoms with Gasteiger partial charge in [-0.05, 0) is 42.2 Å². The zero-order valence-electron chi connectivity index (χ0n) is 11.0. The molecule has 4 nitrogen and oxygen atoms in total. The Bertz CT molecular complexity index is 728. The first-order valence-corrected chi connectivity index (χ1v) is 7.70. The van der Waals surface area contributed by atoms with Crippen molar-refractivity contribution in [1.82, 2.24) is 19.7 Å². The van der Waals surface area contributed by atoms with Crippen LogP contribution in [-0.4, -0.2) is 19.7 Å². The Kier molecular flexibility index (Phi) is 3.75. The fraction of sp³-hybridized carbons (Fsp3) is 0.214. The molecule has 0 aliphatic heterocycles. The molecule has 0 spiro atoms. The summed E-state index contributed by atoms with van der Waals surface area (Å²) in [5, 5.41) is 9.39. The van der Waals surface area contributed by atoms with Gasteiger partial charge < -0.3 is 0 Å². The Labute approximate surface area is 126 Å². The molecule has 0 radical (unpaired) electrons. The van der Waals surface area contributed by atoms with Gasteiger partial charge >= 0.3 is 0 Å². The summed E-state index contributed by atoms with van der Waals surface area (Å²) in [4.78, 5) is 5.34. The maximum Gasteiger partial charge on any atom is 0.196 e. The molecule has 0 saturated heterocycles. The number of thiophene rings is 1. The Hall–Kier alpha value is -1.79. The minimum absolute atomic E-state index is 0.212. The van der Waals surface area contributed by atoms with Crippen LogP contribution in [0.3, 0.4) is 0 Å². The molecule has 3 aromatic heterocycles. The number of nitrogens with zero attached hydrogens (tertiary/aromatic N) is 3. The van der Waals surface area contributed by atoms with Gasteiger partial charge in [0.1, 0.15) is 0 Å². The van der Waals surface area contributed by atoms with Gasteiger partial charge in [0.15, 0.2) is 10.6 Å². The average Bonchev–Trinajstić information content (AvgIpc) is 3.12. The molecule has 1 N–H and O–H groups in total. The van der Waals surface area contributed by atoms with Crippen molar-refractivity contribution in [3.05, 3.63) is 51.7 Å². The lowest BCUT2D eigenvalue weighted by atomic mass is 10.1. The molecule has 6 heteroatoms. The van der Waals surface area contributed by atoms with E-state index in [0.717, 1.165) is 17.8 Å². The third-order valence-electron chi connectivity index (χ3n) is 3.21. The second-order valence-corrected chi connectivity index (χ2v) is 5.76. The largest absolute Gasteiger partial charge is 0.292 e. The van der Waals surface area contributed by atoms with Crippen LogP contribution in [0, 0.1) is 4.77 Å². The summed E-state index contributed by atoms with van der Waals surface area (Å²) in [6.07, 6.45) is 4.50. The fourth-order valence-corrected chi connectivity index (χ4v) is 3.45. The van der Waals surface area contributed by atoms with Crippen LogP contribution in [0.1, 0.15) is 24.3 Å².